The molecule has 3 amide bonds. The fourth-order valence-electron chi connectivity index (χ4n) is 2.94. The number of carbonyl (C=O) groups is 3. The summed E-state index contributed by atoms with van der Waals surface area (Å²) < 4.78 is 3.14. The molecule has 3 heterocycles. The van der Waals surface area contributed by atoms with E-state index in [4.69, 9.17) is 5.11 Å². The molecule has 0 saturated carbocycles. The Labute approximate surface area is 138 Å². The van der Waals surface area contributed by atoms with Gasteiger partial charge in [-0.3, -0.25) is 14.6 Å². The van der Waals surface area contributed by atoms with Crippen molar-refractivity contribution in [3.8, 4) is 0 Å². The van der Waals surface area contributed by atoms with Crippen molar-refractivity contribution < 1.29 is 24.1 Å². The number of nitrogens with zero attached hydrogens (tertiary/aromatic N) is 5. The summed E-state index contributed by atoms with van der Waals surface area (Å²) in [4.78, 5) is 43.1. The van der Waals surface area contributed by atoms with Crippen LogP contribution in [0.15, 0.2) is 23.3 Å². The summed E-state index contributed by atoms with van der Waals surface area (Å²) in [6.45, 7) is 3.50. The number of amidine groups is 1. The Bertz CT molecular complexity index is 807. The predicted molar refractivity (Wildman–Crippen MR) is 82.8 cm³/mol. The van der Waals surface area contributed by atoms with E-state index in [1.807, 2.05) is 6.92 Å². The molecule has 9 heteroatoms. The van der Waals surface area contributed by atoms with Gasteiger partial charge in [0, 0.05) is 13.6 Å². The zero-order valence-corrected chi connectivity index (χ0v) is 13.6. The highest BCUT2D eigenvalue weighted by Gasteiger charge is 2.52. The number of fused-ring (bicyclic) bond motifs is 3. The maximum atomic E-state index is 12.8. The van der Waals surface area contributed by atoms with E-state index in [2.05, 4.69) is 4.99 Å². The second kappa shape index (κ2) is 5.59. The summed E-state index contributed by atoms with van der Waals surface area (Å²) in [7, 11) is 1.56. The van der Waals surface area contributed by atoms with Crippen LogP contribution in [0, 0.1) is 6.92 Å². The number of aryl methyl sites for hydroxylation is 1. The Hall–Kier alpha value is -2.97. The van der Waals surface area contributed by atoms with Crippen molar-refractivity contribution in [3.63, 3.8) is 0 Å². The lowest BCUT2D eigenvalue weighted by molar-refractivity contribution is -0.677. The van der Waals surface area contributed by atoms with E-state index >= 15 is 0 Å². The highest BCUT2D eigenvalue weighted by atomic mass is 16.4. The molecule has 1 aromatic heterocycles. The molecule has 0 spiro atoms. The number of aromatic nitrogens is 2. The molecule has 0 aliphatic carbocycles. The van der Waals surface area contributed by atoms with Crippen molar-refractivity contribution in [1.82, 2.24) is 14.4 Å². The van der Waals surface area contributed by atoms with Gasteiger partial charge >= 0.3 is 17.9 Å². The van der Waals surface area contributed by atoms with Crippen LogP contribution in [-0.4, -0.2) is 56.8 Å². The second-order valence-electron chi connectivity index (χ2n) is 5.69. The normalized spacial score (nSPS) is 19.8. The highest BCUT2D eigenvalue weighted by Crippen LogP contribution is 2.28. The SMILES string of the molecule is C/C=C/CN1C(=O)C2C(=Nc3n(CC(=O)O)c(C)c[n+]32)N(C)C1=O. The Kier molecular flexibility index (Phi) is 3.70. The third-order valence-corrected chi connectivity index (χ3v) is 4.14. The van der Waals surface area contributed by atoms with Crippen LogP contribution in [0.5, 0.6) is 0 Å². The number of urea groups is 1. The monoisotopic (exact) mass is 332 g/mol. The molecular formula is C15H18N5O4+. The van der Waals surface area contributed by atoms with Crippen LogP contribution in [0.3, 0.4) is 0 Å². The maximum absolute atomic E-state index is 12.8. The number of imidazole rings is 1. The average Bonchev–Trinajstić information content (AvgIpc) is 3.02. The predicted octanol–water partition coefficient (Wildman–Crippen LogP) is 0.223. The molecule has 126 valence electrons. The molecule has 1 unspecified atom stereocenters. The number of carboxylic acids is 1. The summed E-state index contributed by atoms with van der Waals surface area (Å²) in [5.41, 5.74) is 0.683. The summed E-state index contributed by atoms with van der Waals surface area (Å²) in [6.07, 6.45) is 5.19. The number of aliphatic imine (C=N–C) groups is 1. The zero-order chi connectivity index (χ0) is 17.6. The fraction of sp³-hybridized carbons (Fsp3) is 0.400. The van der Waals surface area contributed by atoms with E-state index in [0.717, 1.165) is 4.90 Å². The van der Waals surface area contributed by atoms with Gasteiger partial charge in [-0.1, -0.05) is 17.1 Å². The molecule has 1 fully saturated rings. The molecule has 0 radical (unpaired) electrons. The van der Waals surface area contributed by atoms with Crippen molar-refractivity contribution in [1.29, 1.82) is 0 Å². The van der Waals surface area contributed by atoms with Gasteiger partial charge in [0.1, 0.15) is 11.9 Å². The Morgan fingerprint density at radius 1 is 1.46 bits per heavy atom. The van der Waals surface area contributed by atoms with Crippen molar-refractivity contribution in [2.75, 3.05) is 13.6 Å². The topological polar surface area (TPSA) is 99.1 Å². The average molecular weight is 332 g/mol. The first-order valence-electron chi connectivity index (χ1n) is 7.48. The number of carboxylic acid groups (broad SMARTS) is 1. The first kappa shape index (κ1) is 15.9. The van der Waals surface area contributed by atoms with Crippen LogP contribution in [-0.2, 0) is 16.1 Å². The molecular weight excluding hydrogens is 314 g/mol. The summed E-state index contributed by atoms with van der Waals surface area (Å²) in [5.74, 6) is -0.699. The summed E-state index contributed by atoms with van der Waals surface area (Å²) in [5, 5.41) is 9.06. The smallest absolute Gasteiger partial charge is 0.402 e. The van der Waals surface area contributed by atoms with Gasteiger partial charge in [-0.05, 0) is 13.8 Å². The lowest BCUT2D eigenvalue weighted by Crippen LogP contribution is -2.62. The highest BCUT2D eigenvalue weighted by molar-refractivity contribution is 6.19. The summed E-state index contributed by atoms with van der Waals surface area (Å²) in [6, 6.07) is -1.19. The molecule has 3 rings (SSSR count). The van der Waals surface area contributed by atoms with Crippen LogP contribution >= 0.6 is 0 Å². The van der Waals surface area contributed by atoms with E-state index in [0.29, 0.717) is 17.5 Å². The first-order valence-corrected chi connectivity index (χ1v) is 7.48. The molecule has 0 aromatic carbocycles. The van der Waals surface area contributed by atoms with E-state index < -0.39 is 18.0 Å². The minimum absolute atomic E-state index is 0.187. The first-order chi connectivity index (χ1) is 11.4. The number of carbonyl (C=O) groups excluding carboxylic acids is 2. The molecule has 0 bridgehead atoms. The molecule has 1 aromatic rings. The second-order valence-corrected chi connectivity index (χ2v) is 5.69. The maximum Gasteiger partial charge on any atom is 0.402 e. The van der Waals surface area contributed by atoms with Gasteiger partial charge in [0.15, 0.2) is 6.54 Å². The molecule has 1 saturated heterocycles. The van der Waals surface area contributed by atoms with Gasteiger partial charge in [0.25, 0.3) is 5.91 Å². The largest absolute Gasteiger partial charge is 0.479 e. The van der Waals surface area contributed by atoms with Crippen molar-refractivity contribution in [2.24, 2.45) is 4.99 Å². The lowest BCUT2D eigenvalue weighted by Gasteiger charge is -2.32. The number of rotatable bonds is 4. The van der Waals surface area contributed by atoms with Crippen LogP contribution in [0.2, 0.25) is 0 Å². The number of allylic oxidation sites excluding steroid dienone is 1. The van der Waals surface area contributed by atoms with Crippen LogP contribution < -0.4 is 4.57 Å². The van der Waals surface area contributed by atoms with Gasteiger partial charge in [0.2, 0.25) is 11.9 Å². The van der Waals surface area contributed by atoms with Crippen molar-refractivity contribution in [2.45, 2.75) is 26.4 Å². The van der Waals surface area contributed by atoms with E-state index in [1.54, 1.807) is 36.9 Å². The zero-order valence-electron chi connectivity index (χ0n) is 13.6. The molecule has 2 aliphatic heterocycles. The Morgan fingerprint density at radius 3 is 2.79 bits per heavy atom. The Balaban J connectivity index is 2.06. The van der Waals surface area contributed by atoms with Gasteiger partial charge in [-0.25, -0.2) is 18.7 Å². The third-order valence-electron chi connectivity index (χ3n) is 4.14. The number of aliphatic carboxylic acids is 1. The van der Waals surface area contributed by atoms with Crippen LogP contribution in [0.1, 0.15) is 18.7 Å². The standard InChI is InChI=1S/C15H17N5O4/c1-4-5-6-18-13(23)11-12(17(3)15(18)24)16-14-19(8-10(21)22)9(2)7-20(11)14/h4-5,7,11H,6,8H2,1-3H3/p+1/b5-4+. The molecule has 2 aliphatic rings. The molecule has 9 nitrogen and oxygen atoms in total. The van der Waals surface area contributed by atoms with E-state index in [1.165, 1.54) is 9.47 Å². The molecule has 1 atom stereocenters. The quantitative estimate of drug-likeness (QED) is 0.630. The molecule has 1 N–H and O–H groups in total. The number of amides is 3. The van der Waals surface area contributed by atoms with Crippen LogP contribution in [0.25, 0.3) is 0 Å². The Morgan fingerprint density at radius 2 is 2.17 bits per heavy atom. The van der Waals surface area contributed by atoms with E-state index in [-0.39, 0.29) is 19.0 Å². The minimum atomic E-state index is -1.00. The van der Waals surface area contributed by atoms with Gasteiger partial charge < -0.3 is 5.11 Å². The summed E-state index contributed by atoms with van der Waals surface area (Å²) >= 11 is 0. The van der Waals surface area contributed by atoms with Crippen molar-refractivity contribution in [3.05, 3.63) is 24.0 Å². The number of likely N-dealkylation sites (N-methyl/N-ethyl adjacent to an activating group) is 1. The van der Waals surface area contributed by atoms with Gasteiger partial charge in [-0.15, -0.1) is 0 Å². The van der Waals surface area contributed by atoms with Crippen molar-refractivity contribution >= 4 is 29.7 Å². The lowest BCUT2D eigenvalue weighted by atomic mass is 10.1. The minimum Gasteiger partial charge on any atom is -0.479 e. The van der Waals surface area contributed by atoms with Gasteiger partial charge in [0.05, 0.1) is 0 Å². The van der Waals surface area contributed by atoms with E-state index in [9.17, 15) is 14.4 Å². The number of hydrogen-bond acceptors (Lipinski definition) is 4. The fourth-order valence-corrected chi connectivity index (χ4v) is 2.94. The number of hydrogen-bond donors (Lipinski definition) is 1. The third kappa shape index (κ3) is 2.20. The molecule has 24 heavy (non-hydrogen) atoms. The van der Waals surface area contributed by atoms with Crippen LogP contribution in [0.4, 0.5) is 10.7 Å². The number of imide groups is 1. The van der Waals surface area contributed by atoms with Gasteiger partial charge in [-0.2, -0.15) is 0 Å².